The average Bonchev–Trinajstić information content (AvgIpc) is 2.69. The number of rotatable bonds is 6. The Morgan fingerprint density at radius 2 is 2.27 bits per heavy atom. The Morgan fingerprint density at radius 1 is 1.47 bits per heavy atom. The first-order chi connectivity index (χ1) is 7.20. The second-order valence-electron chi connectivity index (χ2n) is 3.75. The third kappa shape index (κ3) is 4.65. The highest BCUT2D eigenvalue weighted by Gasteiger charge is 2.04. The first kappa shape index (κ1) is 11.8. The summed E-state index contributed by atoms with van der Waals surface area (Å²) >= 11 is 0. The van der Waals surface area contributed by atoms with E-state index < -0.39 is 0 Å². The molecule has 0 radical (unpaired) electrons. The van der Waals surface area contributed by atoms with Gasteiger partial charge >= 0.3 is 0 Å². The lowest BCUT2D eigenvalue weighted by atomic mass is 10.2. The first-order valence-electron chi connectivity index (χ1n) is 5.19. The maximum Gasteiger partial charge on any atom is 0.222 e. The van der Waals surface area contributed by atoms with E-state index in [0.717, 1.165) is 18.7 Å². The van der Waals surface area contributed by atoms with Crippen molar-refractivity contribution in [3.05, 3.63) is 24.2 Å². The molecule has 0 aliphatic carbocycles. The van der Waals surface area contributed by atoms with Crippen molar-refractivity contribution in [1.29, 1.82) is 0 Å². The summed E-state index contributed by atoms with van der Waals surface area (Å²) in [6.45, 7) is 5.97. The van der Waals surface area contributed by atoms with Gasteiger partial charge in [0, 0.05) is 31.1 Å². The normalized spacial score (nSPS) is 10.6. The van der Waals surface area contributed by atoms with E-state index in [1.165, 1.54) is 0 Å². The number of carbonyl (C=O) groups excluding carboxylic acids is 1. The molecule has 4 nitrogen and oxygen atoms in total. The highest BCUT2D eigenvalue weighted by atomic mass is 16.3. The van der Waals surface area contributed by atoms with E-state index in [4.69, 9.17) is 4.42 Å². The molecular formula is C11H18N2O2. The fourth-order valence-corrected chi connectivity index (χ4v) is 1.10. The zero-order valence-corrected chi connectivity index (χ0v) is 9.25. The van der Waals surface area contributed by atoms with Crippen LogP contribution in [0.3, 0.4) is 0 Å². The van der Waals surface area contributed by atoms with Gasteiger partial charge in [0.2, 0.25) is 5.91 Å². The maximum atomic E-state index is 11.2. The van der Waals surface area contributed by atoms with Gasteiger partial charge in [-0.2, -0.15) is 0 Å². The Balaban J connectivity index is 2.00. The molecule has 0 aromatic carbocycles. The highest BCUT2D eigenvalue weighted by Crippen LogP contribution is 1.97. The molecule has 0 atom stereocenters. The summed E-state index contributed by atoms with van der Waals surface area (Å²) in [5.74, 6) is 0.152. The van der Waals surface area contributed by atoms with Gasteiger partial charge in [0.05, 0.1) is 12.5 Å². The Hall–Kier alpha value is -1.29. The highest BCUT2D eigenvalue weighted by molar-refractivity contribution is 5.77. The molecule has 0 spiro atoms. The largest absolute Gasteiger partial charge is 0.472 e. The molecule has 1 aromatic rings. The van der Waals surface area contributed by atoms with Crippen molar-refractivity contribution in [3.63, 3.8) is 0 Å². The van der Waals surface area contributed by atoms with Crippen LogP contribution in [0.1, 0.15) is 19.4 Å². The van der Waals surface area contributed by atoms with Gasteiger partial charge in [-0.1, -0.05) is 13.8 Å². The second kappa shape index (κ2) is 6.24. The van der Waals surface area contributed by atoms with Crippen LogP contribution in [0.25, 0.3) is 0 Å². The van der Waals surface area contributed by atoms with Crippen LogP contribution in [0.4, 0.5) is 0 Å². The van der Waals surface area contributed by atoms with Crippen molar-refractivity contribution in [2.75, 3.05) is 13.1 Å². The maximum absolute atomic E-state index is 11.2. The van der Waals surface area contributed by atoms with Crippen LogP contribution in [0, 0.1) is 5.92 Å². The Bertz CT molecular complexity index is 281. The van der Waals surface area contributed by atoms with Gasteiger partial charge in [0.15, 0.2) is 0 Å². The lowest BCUT2D eigenvalue weighted by molar-refractivity contribution is -0.123. The molecule has 84 valence electrons. The predicted molar refractivity (Wildman–Crippen MR) is 58.3 cm³/mol. The third-order valence-corrected chi connectivity index (χ3v) is 2.03. The smallest absolute Gasteiger partial charge is 0.222 e. The Labute approximate surface area is 90.0 Å². The molecule has 0 bridgehead atoms. The van der Waals surface area contributed by atoms with Crippen LogP contribution < -0.4 is 10.6 Å². The summed E-state index contributed by atoms with van der Waals surface area (Å²) in [7, 11) is 0. The fraction of sp³-hybridized carbons (Fsp3) is 0.545. The zero-order chi connectivity index (χ0) is 11.1. The second-order valence-corrected chi connectivity index (χ2v) is 3.75. The van der Waals surface area contributed by atoms with Crippen molar-refractivity contribution >= 4 is 5.91 Å². The zero-order valence-electron chi connectivity index (χ0n) is 9.25. The number of nitrogens with one attached hydrogen (secondary N) is 2. The Kier molecular flexibility index (Phi) is 4.90. The van der Waals surface area contributed by atoms with Crippen molar-refractivity contribution in [2.45, 2.75) is 20.4 Å². The molecule has 0 aliphatic heterocycles. The van der Waals surface area contributed by atoms with Gasteiger partial charge in [-0.3, -0.25) is 4.79 Å². The van der Waals surface area contributed by atoms with Crippen LogP contribution in [-0.4, -0.2) is 19.0 Å². The average molecular weight is 210 g/mol. The summed E-state index contributed by atoms with van der Waals surface area (Å²) in [6.07, 6.45) is 3.36. The molecule has 0 aliphatic rings. The van der Waals surface area contributed by atoms with Crippen LogP contribution in [0.15, 0.2) is 23.0 Å². The van der Waals surface area contributed by atoms with E-state index in [1.54, 1.807) is 12.5 Å². The molecule has 1 amide bonds. The molecule has 0 fully saturated rings. The molecule has 0 saturated heterocycles. The molecule has 15 heavy (non-hydrogen) atoms. The number of hydrogen-bond donors (Lipinski definition) is 2. The van der Waals surface area contributed by atoms with E-state index in [0.29, 0.717) is 6.54 Å². The fourth-order valence-electron chi connectivity index (χ4n) is 1.10. The van der Waals surface area contributed by atoms with E-state index >= 15 is 0 Å². The lowest BCUT2D eigenvalue weighted by Gasteiger charge is -2.07. The van der Waals surface area contributed by atoms with Crippen molar-refractivity contribution in [3.8, 4) is 0 Å². The minimum absolute atomic E-state index is 0.0545. The summed E-state index contributed by atoms with van der Waals surface area (Å²) in [4.78, 5) is 11.2. The Morgan fingerprint density at radius 3 is 2.87 bits per heavy atom. The van der Waals surface area contributed by atoms with Gasteiger partial charge in [-0.25, -0.2) is 0 Å². The number of hydrogen-bond acceptors (Lipinski definition) is 3. The predicted octanol–water partition coefficient (Wildman–Crippen LogP) is 1.14. The quantitative estimate of drug-likeness (QED) is 0.692. The van der Waals surface area contributed by atoms with E-state index in [9.17, 15) is 4.79 Å². The van der Waals surface area contributed by atoms with Gasteiger partial charge in [0.25, 0.3) is 0 Å². The molecule has 0 unspecified atom stereocenters. The van der Waals surface area contributed by atoms with Gasteiger partial charge in [-0.05, 0) is 6.07 Å². The van der Waals surface area contributed by atoms with Crippen molar-refractivity contribution < 1.29 is 9.21 Å². The van der Waals surface area contributed by atoms with E-state index in [2.05, 4.69) is 10.6 Å². The molecule has 4 heteroatoms. The molecule has 1 rings (SSSR count). The molecule has 2 N–H and O–H groups in total. The van der Waals surface area contributed by atoms with Gasteiger partial charge < -0.3 is 15.1 Å². The third-order valence-electron chi connectivity index (χ3n) is 2.03. The van der Waals surface area contributed by atoms with Gasteiger partial charge in [0.1, 0.15) is 0 Å². The molecule has 1 aromatic heterocycles. The number of carbonyl (C=O) groups is 1. The SMILES string of the molecule is CC(C)C(=O)NCCNCc1ccoc1. The minimum atomic E-state index is 0.0545. The number of amides is 1. The van der Waals surface area contributed by atoms with Crippen molar-refractivity contribution in [2.24, 2.45) is 5.92 Å². The van der Waals surface area contributed by atoms with E-state index in [-0.39, 0.29) is 11.8 Å². The molecule has 1 heterocycles. The summed E-state index contributed by atoms with van der Waals surface area (Å²) in [5, 5.41) is 6.04. The van der Waals surface area contributed by atoms with Crippen LogP contribution in [0.2, 0.25) is 0 Å². The van der Waals surface area contributed by atoms with Crippen molar-refractivity contribution in [1.82, 2.24) is 10.6 Å². The number of furan rings is 1. The molecular weight excluding hydrogens is 192 g/mol. The molecule has 0 saturated carbocycles. The lowest BCUT2D eigenvalue weighted by Crippen LogP contribution is -2.34. The standard InChI is InChI=1S/C11H18N2O2/c1-9(2)11(14)13-5-4-12-7-10-3-6-15-8-10/h3,6,8-9,12H,4-5,7H2,1-2H3,(H,13,14). The first-order valence-corrected chi connectivity index (χ1v) is 5.19. The van der Waals surface area contributed by atoms with E-state index in [1.807, 2.05) is 19.9 Å². The van der Waals surface area contributed by atoms with Crippen LogP contribution in [-0.2, 0) is 11.3 Å². The monoisotopic (exact) mass is 210 g/mol. The summed E-state index contributed by atoms with van der Waals surface area (Å²) in [5.41, 5.74) is 1.12. The topological polar surface area (TPSA) is 54.3 Å². The van der Waals surface area contributed by atoms with Gasteiger partial charge in [-0.15, -0.1) is 0 Å². The summed E-state index contributed by atoms with van der Waals surface area (Å²) < 4.78 is 4.93. The van der Waals surface area contributed by atoms with Crippen LogP contribution in [0.5, 0.6) is 0 Å². The minimum Gasteiger partial charge on any atom is -0.472 e. The van der Waals surface area contributed by atoms with Crippen LogP contribution >= 0.6 is 0 Å². The summed E-state index contributed by atoms with van der Waals surface area (Å²) in [6, 6.07) is 1.92.